The van der Waals surface area contributed by atoms with E-state index in [1.165, 1.54) is 0 Å². The number of ketones is 1. The first-order valence-electron chi connectivity index (χ1n) is 7.29. The fourth-order valence-electron chi connectivity index (χ4n) is 2.66. The highest BCUT2D eigenvalue weighted by Crippen LogP contribution is 2.30. The summed E-state index contributed by atoms with van der Waals surface area (Å²) in [7, 11) is 0. The molecule has 122 valence electrons. The SMILES string of the molecule is CC1=C(C(=O)c2ccc(Cl)cc2)[C@H](c2ccc(Cl)cc2)NC(=O)N1. The largest absolute Gasteiger partial charge is 0.327 e. The Kier molecular flexibility index (Phi) is 4.60. The Balaban J connectivity index is 2.04. The summed E-state index contributed by atoms with van der Waals surface area (Å²) in [5.41, 5.74) is 2.30. The van der Waals surface area contributed by atoms with Gasteiger partial charge in [0.1, 0.15) is 0 Å². The summed E-state index contributed by atoms with van der Waals surface area (Å²) >= 11 is 11.8. The molecule has 2 aromatic carbocycles. The van der Waals surface area contributed by atoms with E-state index >= 15 is 0 Å². The lowest BCUT2D eigenvalue weighted by Gasteiger charge is -2.28. The molecule has 0 bridgehead atoms. The van der Waals surface area contributed by atoms with Crippen molar-refractivity contribution in [2.24, 2.45) is 0 Å². The molecular weight excluding hydrogens is 347 g/mol. The zero-order valence-electron chi connectivity index (χ0n) is 12.8. The third-order valence-electron chi connectivity index (χ3n) is 3.82. The molecule has 1 aliphatic heterocycles. The Morgan fingerprint density at radius 1 is 0.958 bits per heavy atom. The number of nitrogens with one attached hydrogen (secondary N) is 2. The van der Waals surface area contributed by atoms with Crippen molar-refractivity contribution in [3.05, 3.63) is 81.0 Å². The molecule has 1 atom stereocenters. The molecule has 2 aromatic rings. The van der Waals surface area contributed by atoms with Crippen LogP contribution in [0.25, 0.3) is 0 Å². The Morgan fingerprint density at radius 2 is 1.50 bits per heavy atom. The summed E-state index contributed by atoms with van der Waals surface area (Å²) in [4.78, 5) is 24.8. The lowest BCUT2D eigenvalue weighted by molar-refractivity contribution is 0.102. The molecule has 0 saturated heterocycles. The molecule has 0 spiro atoms. The van der Waals surface area contributed by atoms with Crippen molar-refractivity contribution in [1.29, 1.82) is 0 Å². The predicted octanol–water partition coefficient (Wildman–Crippen LogP) is 4.50. The second-order valence-corrected chi connectivity index (χ2v) is 6.33. The van der Waals surface area contributed by atoms with E-state index in [1.54, 1.807) is 55.5 Å². The van der Waals surface area contributed by atoms with Gasteiger partial charge in [-0.25, -0.2) is 4.79 Å². The molecule has 24 heavy (non-hydrogen) atoms. The molecule has 1 aliphatic rings. The highest BCUT2D eigenvalue weighted by Gasteiger charge is 2.31. The Bertz CT molecular complexity index is 827. The van der Waals surface area contributed by atoms with Crippen LogP contribution in [0.2, 0.25) is 10.0 Å². The van der Waals surface area contributed by atoms with Crippen LogP contribution in [-0.4, -0.2) is 11.8 Å². The van der Waals surface area contributed by atoms with Crippen LogP contribution in [-0.2, 0) is 0 Å². The van der Waals surface area contributed by atoms with Crippen LogP contribution in [0, 0.1) is 0 Å². The quantitative estimate of drug-likeness (QED) is 0.791. The van der Waals surface area contributed by atoms with E-state index in [4.69, 9.17) is 23.2 Å². The average molecular weight is 361 g/mol. The molecule has 0 saturated carbocycles. The van der Waals surface area contributed by atoms with Crippen LogP contribution in [0.1, 0.15) is 28.9 Å². The number of hydrogen-bond donors (Lipinski definition) is 2. The van der Waals surface area contributed by atoms with Crippen LogP contribution < -0.4 is 10.6 Å². The number of halogens is 2. The maximum Gasteiger partial charge on any atom is 0.319 e. The molecule has 0 unspecified atom stereocenters. The number of carbonyl (C=O) groups excluding carboxylic acids is 2. The van der Waals surface area contributed by atoms with Crippen molar-refractivity contribution in [2.75, 3.05) is 0 Å². The van der Waals surface area contributed by atoms with Crippen LogP contribution in [0.5, 0.6) is 0 Å². The highest BCUT2D eigenvalue weighted by atomic mass is 35.5. The number of benzene rings is 2. The topological polar surface area (TPSA) is 58.2 Å². The van der Waals surface area contributed by atoms with Gasteiger partial charge in [-0.1, -0.05) is 35.3 Å². The van der Waals surface area contributed by atoms with E-state index in [9.17, 15) is 9.59 Å². The van der Waals surface area contributed by atoms with Crippen LogP contribution in [0.15, 0.2) is 59.8 Å². The summed E-state index contributed by atoms with van der Waals surface area (Å²) in [6.45, 7) is 1.71. The molecule has 0 aromatic heterocycles. The molecule has 2 N–H and O–H groups in total. The van der Waals surface area contributed by atoms with Crippen molar-refractivity contribution in [3.8, 4) is 0 Å². The summed E-state index contributed by atoms with van der Waals surface area (Å²) in [5.74, 6) is -0.170. The van der Waals surface area contributed by atoms with E-state index in [-0.39, 0.29) is 11.8 Å². The molecule has 4 nitrogen and oxygen atoms in total. The van der Waals surface area contributed by atoms with Gasteiger partial charge in [-0.2, -0.15) is 0 Å². The van der Waals surface area contributed by atoms with Crippen molar-refractivity contribution in [1.82, 2.24) is 10.6 Å². The molecular formula is C18H14Cl2N2O2. The molecule has 0 fully saturated rings. The summed E-state index contributed by atoms with van der Waals surface area (Å²) < 4.78 is 0. The summed E-state index contributed by atoms with van der Waals surface area (Å²) in [6.07, 6.45) is 0. The first-order valence-corrected chi connectivity index (χ1v) is 8.05. The zero-order valence-corrected chi connectivity index (χ0v) is 14.3. The van der Waals surface area contributed by atoms with Gasteiger partial charge in [0.15, 0.2) is 5.78 Å². The normalized spacial score (nSPS) is 17.3. The number of allylic oxidation sites excluding steroid dienone is 1. The predicted molar refractivity (Wildman–Crippen MR) is 94.3 cm³/mol. The molecule has 1 heterocycles. The summed E-state index contributed by atoms with van der Waals surface area (Å²) in [6, 6.07) is 12.8. The molecule has 3 rings (SSSR count). The second kappa shape index (κ2) is 6.67. The Labute approximate surface area is 149 Å². The van der Waals surface area contributed by atoms with E-state index < -0.39 is 6.04 Å². The third-order valence-corrected chi connectivity index (χ3v) is 4.33. The lowest BCUT2D eigenvalue weighted by atomic mass is 9.90. The number of amides is 2. The fourth-order valence-corrected chi connectivity index (χ4v) is 2.91. The summed E-state index contributed by atoms with van der Waals surface area (Å²) in [5, 5.41) is 6.60. The minimum atomic E-state index is -0.542. The fraction of sp³-hybridized carbons (Fsp3) is 0.111. The van der Waals surface area contributed by atoms with Gasteiger partial charge < -0.3 is 10.6 Å². The van der Waals surface area contributed by atoms with Crippen LogP contribution >= 0.6 is 23.2 Å². The lowest BCUT2D eigenvalue weighted by Crippen LogP contribution is -2.45. The van der Waals surface area contributed by atoms with Gasteiger partial charge in [0.25, 0.3) is 0 Å². The maximum absolute atomic E-state index is 13.0. The Hall–Kier alpha value is -2.30. The van der Waals surface area contributed by atoms with Crippen molar-refractivity contribution < 1.29 is 9.59 Å². The van der Waals surface area contributed by atoms with E-state index in [1.807, 2.05) is 0 Å². The average Bonchev–Trinajstić information content (AvgIpc) is 2.55. The van der Waals surface area contributed by atoms with Crippen LogP contribution in [0.3, 0.4) is 0 Å². The highest BCUT2D eigenvalue weighted by molar-refractivity contribution is 6.31. The number of Topliss-reactive ketones (excluding diaryl/α,β-unsaturated/α-hetero) is 1. The number of urea groups is 1. The minimum absolute atomic E-state index is 0.170. The van der Waals surface area contributed by atoms with Crippen molar-refractivity contribution >= 4 is 35.0 Å². The second-order valence-electron chi connectivity index (χ2n) is 5.46. The molecule has 2 amide bonds. The maximum atomic E-state index is 13.0. The van der Waals surface area contributed by atoms with Crippen molar-refractivity contribution in [3.63, 3.8) is 0 Å². The van der Waals surface area contributed by atoms with Crippen LogP contribution in [0.4, 0.5) is 4.79 Å². The van der Waals surface area contributed by atoms with Gasteiger partial charge in [-0.15, -0.1) is 0 Å². The van der Waals surface area contributed by atoms with Gasteiger partial charge in [0, 0.05) is 26.9 Å². The van der Waals surface area contributed by atoms with E-state index in [0.29, 0.717) is 26.9 Å². The first-order chi connectivity index (χ1) is 11.5. The number of rotatable bonds is 3. The van der Waals surface area contributed by atoms with E-state index in [0.717, 1.165) is 5.56 Å². The number of hydrogen-bond acceptors (Lipinski definition) is 2. The monoisotopic (exact) mass is 360 g/mol. The standard InChI is InChI=1S/C18H14Cl2N2O2/c1-10-15(17(23)12-4-8-14(20)9-5-12)16(22-18(24)21-10)11-2-6-13(19)7-3-11/h2-9,16H,1H3,(H2,21,22,24)/t16-/m0/s1. The molecule has 0 radical (unpaired) electrons. The van der Waals surface area contributed by atoms with E-state index in [2.05, 4.69) is 10.6 Å². The molecule has 0 aliphatic carbocycles. The van der Waals surface area contributed by atoms with Gasteiger partial charge >= 0.3 is 6.03 Å². The first kappa shape index (κ1) is 16.6. The zero-order chi connectivity index (χ0) is 17.3. The van der Waals surface area contributed by atoms with Gasteiger partial charge in [0.2, 0.25) is 0 Å². The number of carbonyl (C=O) groups is 2. The third kappa shape index (κ3) is 3.30. The molecule has 6 heteroatoms. The smallest absolute Gasteiger partial charge is 0.319 e. The van der Waals surface area contributed by atoms with Crippen molar-refractivity contribution in [2.45, 2.75) is 13.0 Å². The van der Waals surface area contributed by atoms with Gasteiger partial charge in [-0.3, -0.25) is 4.79 Å². The Morgan fingerprint density at radius 3 is 2.08 bits per heavy atom. The van der Waals surface area contributed by atoms with Gasteiger partial charge in [-0.05, 0) is 48.9 Å². The van der Waals surface area contributed by atoms with Gasteiger partial charge in [0.05, 0.1) is 6.04 Å². The minimum Gasteiger partial charge on any atom is -0.327 e.